The largest absolute Gasteiger partial charge is 0.437 e. The van der Waals surface area contributed by atoms with Gasteiger partial charge in [0.1, 0.15) is 0 Å². The predicted octanol–water partition coefficient (Wildman–Crippen LogP) is 6.40. The van der Waals surface area contributed by atoms with E-state index >= 15 is 0 Å². The van der Waals surface area contributed by atoms with Crippen LogP contribution in [0, 0.1) is 0 Å². The lowest BCUT2D eigenvalue weighted by Gasteiger charge is -2.42. The van der Waals surface area contributed by atoms with Crippen molar-refractivity contribution < 1.29 is 52.4 Å². The van der Waals surface area contributed by atoms with Crippen LogP contribution in [-0.2, 0) is 33.2 Å². The lowest BCUT2D eigenvalue weighted by Crippen LogP contribution is -2.71. The minimum Gasteiger partial charge on any atom is -0.437 e. The summed E-state index contributed by atoms with van der Waals surface area (Å²) in [6.07, 6.45) is 0. The molecule has 0 saturated heterocycles. The molecule has 2 rings (SSSR count). The second-order valence-electron chi connectivity index (χ2n) is 17.8. The van der Waals surface area contributed by atoms with Crippen molar-refractivity contribution in [2.45, 2.75) is 124 Å². The van der Waals surface area contributed by atoms with Gasteiger partial charge >= 0.3 is 77.0 Å². The van der Waals surface area contributed by atoms with Crippen LogP contribution in [0.4, 0.5) is 0 Å². The predicted molar refractivity (Wildman–Crippen MR) is 245 cm³/mol. The molecule has 0 unspecified atom stereocenters. The maximum atomic E-state index is 10.7. The highest BCUT2D eigenvalue weighted by Crippen LogP contribution is 2.24. The average molecular weight is 932 g/mol. The molecular weight excluding hydrogens is 857 g/mol. The number of rotatable bonds is 17. The zero-order chi connectivity index (χ0) is 42.9. The molecule has 0 radical (unpaired) electrons. The second kappa shape index (κ2) is 20.4. The van der Waals surface area contributed by atoms with Crippen molar-refractivity contribution >= 4 is 95.7 Å². The summed E-state index contributed by atoms with van der Waals surface area (Å²) in [7, 11) is -23.0. The van der Waals surface area contributed by atoms with Gasteiger partial charge in [-0.3, -0.25) is 0 Å². The minimum atomic E-state index is -3.26. The van der Waals surface area contributed by atoms with Gasteiger partial charge in [-0.2, -0.15) is 0 Å². The summed E-state index contributed by atoms with van der Waals surface area (Å²) in [5.41, 5.74) is 0. The molecule has 2 aromatic rings. The molecule has 2 aromatic carbocycles. The Balaban J connectivity index is 0.000000877. The molecular formula is C32H74O12Si10. The maximum Gasteiger partial charge on any atom is 0.389 e. The van der Waals surface area contributed by atoms with E-state index in [1.807, 2.05) is 86.9 Å². The summed E-state index contributed by atoms with van der Waals surface area (Å²) in [6.45, 7) is 36.1. The molecule has 0 aliphatic heterocycles. The summed E-state index contributed by atoms with van der Waals surface area (Å²) < 4.78 is 47.7. The van der Waals surface area contributed by atoms with Crippen LogP contribution in [-0.4, -0.2) is 112 Å². The fraction of sp³-hybridized carbons (Fsp3) is 0.625. The van der Waals surface area contributed by atoms with Crippen LogP contribution in [0.2, 0.25) is 124 Å². The van der Waals surface area contributed by atoms with E-state index in [2.05, 4.69) is 45.8 Å². The Morgan fingerprint density at radius 3 is 0.870 bits per heavy atom. The Bertz CT molecular complexity index is 1310. The van der Waals surface area contributed by atoms with E-state index in [0.29, 0.717) is 0 Å². The van der Waals surface area contributed by atoms with E-state index < -0.39 is 85.4 Å². The topological polar surface area (TPSA) is 155 Å². The average Bonchev–Trinajstić information content (AvgIpc) is 2.87. The van der Waals surface area contributed by atoms with Crippen LogP contribution < -0.4 is 10.4 Å². The third-order valence-corrected chi connectivity index (χ3v) is 35.8. The van der Waals surface area contributed by atoms with E-state index in [4.69, 9.17) is 33.2 Å². The monoisotopic (exact) mass is 930 g/mol. The van der Waals surface area contributed by atoms with Gasteiger partial charge in [-0.25, -0.2) is 0 Å². The van der Waals surface area contributed by atoms with Crippen molar-refractivity contribution in [2.24, 2.45) is 0 Å². The fourth-order valence-electron chi connectivity index (χ4n) is 5.67. The van der Waals surface area contributed by atoms with Crippen molar-refractivity contribution in [3.63, 3.8) is 0 Å². The zero-order valence-electron chi connectivity index (χ0n) is 36.8. The first-order chi connectivity index (χ1) is 23.7. The van der Waals surface area contributed by atoms with Gasteiger partial charge in [0.2, 0.25) is 0 Å². The Kier molecular flexibility index (Phi) is 20.4. The normalized spacial score (nSPS) is 14.1. The van der Waals surface area contributed by atoms with Crippen LogP contribution >= 0.6 is 0 Å². The summed E-state index contributed by atoms with van der Waals surface area (Å²) in [6, 6.07) is 19.6. The van der Waals surface area contributed by atoms with Crippen LogP contribution in [0.5, 0.6) is 0 Å². The van der Waals surface area contributed by atoms with E-state index in [1.165, 1.54) is 0 Å². The second-order valence-corrected chi connectivity index (χ2v) is 53.3. The third kappa shape index (κ3) is 25.5. The Hall–Kier alpha value is 0.129. The highest BCUT2D eigenvalue weighted by Gasteiger charge is 2.52. The van der Waals surface area contributed by atoms with Gasteiger partial charge in [0.15, 0.2) is 8.32 Å². The SMILES string of the molecule is CO[Si](C)(C)O[Si](C)(C)O[Si](C)(C)C.C[Si](C)(O)O[Si](C)(C)O[Si](C)(C)O.C[Si](C)(O)O[Si](C)(C)O[Si](O[Si](C)(C)O)(c1ccccc1)c1ccccc1. The van der Waals surface area contributed by atoms with E-state index in [0.717, 1.165) is 10.4 Å². The van der Waals surface area contributed by atoms with Crippen molar-refractivity contribution in [1.82, 2.24) is 0 Å². The first-order valence-electron chi connectivity index (χ1n) is 18.2. The van der Waals surface area contributed by atoms with Gasteiger partial charge in [-0.05, 0) is 135 Å². The zero-order valence-corrected chi connectivity index (χ0v) is 46.8. The summed E-state index contributed by atoms with van der Waals surface area (Å²) in [5.74, 6) is 0. The van der Waals surface area contributed by atoms with Gasteiger partial charge in [0.05, 0.1) is 0 Å². The summed E-state index contributed by atoms with van der Waals surface area (Å²) in [5, 5.41) is 1.82. The molecule has 0 amide bonds. The van der Waals surface area contributed by atoms with Gasteiger partial charge in [0.25, 0.3) is 0 Å². The van der Waals surface area contributed by atoms with Crippen LogP contribution in [0.1, 0.15) is 0 Å². The summed E-state index contributed by atoms with van der Waals surface area (Å²) in [4.78, 5) is 40.2. The van der Waals surface area contributed by atoms with Crippen LogP contribution in [0.15, 0.2) is 60.7 Å². The molecule has 0 atom stereocenters. The highest BCUT2D eigenvalue weighted by atomic mass is 28.5. The highest BCUT2D eigenvalue weighted by molar-refractivity contribution is 7.01. The Labute approximate surface area is 338 Å². The van der Waals surface area contributed by atoms with Crippen LogP contribution in [0.3, 0.4) is 0 Å². The first kappa shape index (κ1) is 54.1. The Morgan fingerprint density at radius 2 is 0.611 bits per heavy atom. The van der Waals surface area contributed by atoms with Crippen molar-refractivity contribution in [3.8, 4) is 0 Å². The standard InChI is InChI=1S/C18H30O5Si4.C8H24O3Si3.C6H20O4Si3/c1-24(2,19)21-26(5,6)23-27(22-25(3,4)20,17-13-9-7-10-14-17)18-15-11-8-12-16-18;1-9-13(5,6)11-14(7,8)10-12(2,3)4;1-11(2,7)9-13(5,6)10-12(3,4)8/h7-16,19-20H,1-6H3;1-8H3;7-8H,1-6H3. The number of benzene rings is 2. The smallest absolute Gasteiger partial charge is 0.389 e. The molecule has 0 aliphatic rings. The molecule has 0 fully saturated rings. The summed E-state index contributed by atoms with van der Waals surface area (Å²) >= 11 is 0. The molecule has 0 aromatic heterocycles. The lowest BCUT2D eigenvalue weighted by atomic mass is 10.4. The fourth-order valence-corrected chi connectivity index (χ4v) is 42.3. The number of hydrogen-bond donors (Lipinski definition) is 4. The van der Waals surface area contributed by atoms with Gasteiger partial charge < -0.3 is 52.4 Å². The van der Waals surface area contributed by atoms with Crippen molar-refractivity contribution in [1.29, 1.82) is 0 Å². The first-order valence-corrected chi connectivity index (χ1v) is 46.1. The number of hydrogen-bond acceptors (Lipinski definition) is 12. The minimum absolute atomic E-state index is 0.910. The molecule has 54 heavy (non-hydrogen) atoms. The third-order valence-electron chi connectivity index (χ3n) is 6.11. The molecule has 0 spiro atoms. The van der Waals surface area contributed by atoms with Crippen molar-refractivity contribution in [2.75, 3.05) is 7.11 Å². The molecule has 0 aliphatic carbocycles. The quantitative estimate of drug-likeness (QED) is 0.130. The maximum absolute atomic E-state index is 10.7. The van der Waals surface area contributed by atoms with E-state index in [-0.39, 0.29) is 0 Å². The van der Waals surface area contributed by atoms with Crippen LogP contribution in [0.25, 0.3) is 0 Å². The Morgan fingerprint density at radius 1 is 0.333 bits per heavy atom. The van der Waals surface area contributed by atoms with E-state index in [1.54, 1.807) is 59.5 Å². The molecule has 0 heterocycles. The molecule has 4 N–H and O–H groups in total. The van der Waals surface area contributed by atoms with Gasteiger partial charge in [0, 0.05) is 7.11 Å². The molecule has 314 valence electrons. The molecule has 22 heteroatoms. The molecule has 0 bridgehead atoms. The van der Waals surface area contributed by atoms with Gasteiger partial charge in [-0.1, -0.05) is 60.7 Å². The molecule has 0 saturated carbocycles. The van der Waals surface area contributed by atoms with Crippen molar-refractivity contribution in [3.05, 3.63) is 60.7 Å². The van der Waals surface area contributed by atoms with Gasteiger partial charge in [-0.15, -0.1) is 0 Å². The molecule has 12 nitrogen and oxygen atoms in total. The van der Waals surface area contributed by atoms with E-state index in [9.17, 15) is 19.2 Å². The lowest BCUT2D eigenvalue weighted by molar-refractivity contribution is 0.279.